The summed E-state index contributed by atoms with van der Waals surface area (Å²) in [6.45, 7) is -0.362. The SMILES string of the molecule is N/C(=C\N(N)c1ccc(F)c(C(F)(F)F)c1)COc1ccc(C(F)(F)F)cn1. The van der Waals surface area contributed by atoms with E-state index in [9.17, 15) is 30.7 Å². The molecule has 0 aliphatic heterocycles. The molecule has 2 aromatic rings. The Bertz CT molecular complexity index is 848. The molecule has 0 saturated heterocycles. The molecule has 1 heterocycles. The summed E-state index contributed by atoms with van der Waals surface area (Å²) in [5, 5.41) is 0.716. The van der Waals surface area contributed by atoms with Crippen LogP contribution in [0.5, 0.6) is 5.88 Å². The molecule has 0 fully saturated rings. The van der Waals surface area contributed by atoms with Crippen LogP contribution in [-0.2, 0) is 12.4 Å². The third kappa shape index (κ3) is 5.49. The van der Waals surface area contributed by atoms with E-state index < -0.39 is 29.3 Å². The summed E-state index contributed by atoms with van der Waals surface area (Å²) in [5.74, 6) is 3.97. The van der Waals surface area contributed by atoms with Crippen molar-refractivity contribution in [2.24, 2.45) is 11.6 Å². The molecule has 0 atom stereocenters. The van der Waals surface area contributed by atoms with Crippen molar-refractivity contribution in [3.63, 3.8) is 0 Å². The van der Waals surface area contributed by atoms with E-state index in [1.807, 2.05) is 0 Å². The molecule has 28 heavy (non-hydrogen) atoms. The maximum absolute atomic E-state index is 13.3. The molecule has 12 heteroatoms. The standard InChI is InChI=1S/C16H13F7N4O/c17-13-3-2-11(5-12(13)16(21,22)23)27(25)7-10(24)8-28-14-4-1-9(6-26-14)15(18,19)20/h1-7H,8,24-25H2/b10-7-. The number of nitrogens with two attached hydrogens (primary N) is 2. The monoisotopic (exact) mass is 410 g/mol. The van der Waals surface area contributed by atoms with Gasteiger partial charge in [0.1, 0.15) is 12.4 Å². The summed E-state index contributed by atoms with van der Waals surface area (Å²) in [5.41, 5.74) is 2.87. The Morgan fingerprint density at radius 1 is 1.07 bits per heavy atom. The van der Waals surface area contributed by atoms with Gasteiger partial charge in [-0.1, -0.05) is 0 Å². The van der Waals surface area contributed by atoms with Crippen LogP contribution >= 0.6 is 0 Å². The predicted molar refractivity (Wildman–Crippen MR) is 85.1 cm³/mol. The van der Waals surface area contributed by atoms with Crippen LogP contribution in [0, 0.1) is 5.82 Å². The van der Waals surface area contributed by atoms with Crippen molar-refractivity contribution < 1.29 is 35.5 Å². The van der Waals surface area contributed by atoms with E-state index in [4.69, 9.17) is 16.3 Å². The minimum absolute atomic E-state index is 0.0814. The van der Waals surface area contributed by atoms with Crippen LogP contribution in [0.3, 0.4) is 0 Å². The lowest BCUT2D eigenvalue weighted by Gasteiger charge is -2.17. The fourth-order valence-corrected chi connectivity index (χ4v) is 1.97. The maximum atomic E-state index is 13.3. The zero-order valence-corrected chi connectivity index (χ0v) is 13.9. The fraction of sp³-hybridized carbons (Fsp3) is 0.188. The number of benzene rings is 1. The summed E-state index contributed by atoms with van der Waals surface area (Å²) >= 11 is 0. The van der Waals surface area contributed by atoms with Crippen molar-refractivity contribution in [1.82, 2.24) is 4.98 Å². The number of hydrazine groups is 1. The summed E-state index contributed by atoms with van der Waals surface area (Å²) in [6, 6.07) is 3.84. The van der Waals surface area contributed by atoms with Crippen molar-refractivity contribution in [2.75, 3.05) is 11.6 Å². The number of anilines is 1. The summed E-state index contributed by atoms with van der Waals surface area (Å²) in [7, 11) is 0. The predicted octanol–water partition coefficient (Wildman–Crippen LogP) is 3.82. The molecule has 2 rings (SSSR count). The lowest BCUT2D eigenvalue weighted by molar-refractivity contribution is -0.140. The van der Waals surface area contributed by atoms with Gasteiger partial charge in [0.25, 0.3) is 0 Å². The van der Waals surface area contributed by atoms with E-state index in [0.717, 1.165) is 24.4 Å². The van der Waals surface area contributed by atoms with E-state index in [-0.39, 0.29) is 23.9 Å². The van der Waals surface area contributed by atoms with Crippen LogP contribution in [0.2, 0.25) is 0 Å². The van der Waals surface area contributed by atoms with Crippen LogP contribution < -0.4 is 21.3 Å². The van der Waals surface area contributed by atoms with E-state index in [1.165, 1.54) is 0 Å². The zero-order valence-electron chi connectivity index (χ0n) is 13.9. The highest BCUT2D eigenvalue weighted by atomic mass is 19.4. The highest BCUT2D eigenvalue weighted by Crippen LogP contribution is 2.33. The highest BCUT2D eigenvalue weighted by Gasteiger charge is 2.34. The van der Waals surface area contributed by atoms with E-state index in [0.29, 0.717) is 23.3 Å². The average Bonchev–Trinajstić information content (AvgIpc) is 2.59. The molecule has 0 aliphatic carbocycles. The third-order valence-corrected chi connectivity index (χ3v) is 3.31. The van der Waals surface area contributed by atoms with Gasteiger partial charge in [-0.05, 0) is 24.3 Å². The van der Waals surface area contributed by atoms with Crippen LogP contribution in [0.25, 0.3) is 0 Å². The molecular formula is C16H13F7N4O. The third-order valence-electron chi connectivity index (χ3n) is 3.31. The quantitative estimate of drug-likeness (QED) is 0.445. The maximum Gasteiger partial charge on any atom is 0.419 e. The normalized spacial score (nSPS) is 12.8. The largest absolute Gasteiger partial charge is 0.471 e. The smallest absolute Gasteiger partial charge is 0.419 e. The van der Waals surface area contributed by atoms with Gasteiger partial charge < -0.3 is 10.5 Å². The van der Waals surface area contributed by atoms with Crippen LogP contribution in [0.4, 0.5) is 36.4 Å². The number of nitrogens with zero attached hydrogens (tertiary/aromatic N) is 2. The van der Waals surface area contributed by atoms with Gasteiger partial charge in [0.2, 0.25) is 5.88 Å². The van der Waals surface area contributed by atoms with Crippen LogP contribution in [0.1, 0.15) is 11.1 Å². The fourth-order valence-electron chi connectivity index (χ4n) is 1.97. The topological polar surface area (TPSA) is 77.4 Å². The van der Waals surface area contributed by atoms with Crippen LogP contribution in [0.15, 0.2) is 48.4 Å². The minimum Gasteiger partial charge on any atom is -0.471 e. The Kier molecular flexibility index (Phi) is 6.02. The van der Waals surface area contributed by atoms with Crippen molar-refractivity contribution in [3.8, 4) is 5.88 Å². The van der Waals surface area contributed by atoms with Gasteiger partial charge in [0, 0.05) is 18.5 Å². The zero-order chi connectivity index (χ0) is 21.1. The summed E-state index contributed by atoms with van der Waals surface area (Å²) in [4.78, 5) is 3.47. The Hall–Kier alpha value is -3.02. The number of hydrogen-bond acceptors (Lipinski definition) is 5. The number of aromatic nitrogens is 1. The minimum atomic E-state index is -4.91. The molecule has 0 bridgehead atoms. The molecule has 4 N–H and O–H groups in total. The number of ether oxygens (including phenoxy) is 1. The van der Waals surface area contributed by atoms with E-state index in [1.54, 1.807) is 0 Å². The first-order valence-corrected chi connectivity index (χ1v) is 7.41. The number of hydrogen-bond donors (Lipinski definition) is 2. The van der Waals surface area contributed by atoms with Gasteiger partial charge in [0.15, 0.2) is 0 Å². The molecule has 0 aliphatic rings. The van der Waals surface area contributed by atoms with Crippen molar-refractivity contribution in [1.29, 1.82) is 0 Å². The van der Waals surface area contributed by atoms with Gasteiger partial charge in [-0.3, -0.25) is 5.01 Å². The summed E-state index contributed by atoms with van der Waals surface area (Å²) < 4.78 is 93.9. The number of alkyl halides is 6. The molecule has 1 aromatic carbocycles. The van der Waals surface area contributed by atoms with E-state index >= 15 is 0 Å². The molecule has 0 spiro atoms. The molecule has 0 amide bonds. The molecule has 0 saturated carbocycles. The lowest BCUT2D eigenvalue weighted by atomic mass is 10.2. The Balaban J connectivity index is 2.05. The van der Waals surface area contributed by atoms with Crippen molar-refractivity contribution >= 4 is 5.69 Å². The molecule has 5 nitrogen and oxygen atoms in total. The summed E-state index contributed by atoms with van der Waals surface area (Å²) in [6.07, 6.45) is -7.87. The van der Waals surface area contributed by atoms with Crippen molar-refractivity contribution in [3.05, 3.63) is 65.4 Å². The molecular weight excluding hydrogens is 397 g/mol. The Labute approximate surface area is 154 Å². The second kappa shape index (κ2) is 7.92. The van der Waals surface area contributed by atoms with Crippen LogP contribution in [-0.4, -0.2) is 11.6 Å². The second-order valence-corrected chi connectivity index (χ2v) is 5.44. The van der Waals surface area contributed by atoms with E-state index in [2.05, 4.69) is 4.98 Å². The number of rotatable bonds is 5. The lowest BCUT2D eigenvalue weighted by Crippen LogP contribution is -2.27. The second-order valence-electron chi connectivity index (χ2n) is 5.44. The Morgan fingerprint density at radius 2 is 1.75 bits per heavy atom. The molecule has 152 valence electrons. The number of pyridine rings is 1. The first kappa shape index (κ1) is 21.3. The number of halogens is 7. The van der Waals surface area contributed by atoms with Gasteiger partial charge in [0.05, 0.1) is 22.5 Å². The Morgan fingerprint density at radius 3 is 2.29 bits per heavy atom. The highest BCUT2D eigenvalue weighted by molar-refractivity contribution is 5.51. The average molecular weight is 410 g/mol. The molecule has 0 unspecified atom stereocenters. The first-order chi connectivity index (χ1) is 12.9. The molecule has 0 radical (unpaired) electrons. The van der Waals surface area contributed by atoms with Crippen molar-refractivity contribution in [2.45, 2.75) is 12.4 Å². The van der Waals surface area contributed by atoms with Gasteiger partial charge in [-0.2, -0.15) is 26.3 Å². The molecule has 1 aromatic heterocycles. The van der Waals surface area contributed by atoms with Gasteiger partial charge >= 0.3 is 12.4 Å². The van der Waals surface area contributed by atoms with Gasteiger partial charge in [-0.15, -0.1) is 0 Å². The first-order valence-electron chi connectivity index (χ1n) is 7.41. The van der Waals surface area contributed by atoms with Gasteiger partial charge in [-0.25, -0.2) is 15.2 Å².